The fourth-order valence-electron chi connectivity index (χ4n) is 1.82. The van der Waals surface area contributed by atoms with E-state index in [4.69, 9.17) is 0 Å². The summed E-state index contributed by atoms with van der Waals surface area (Å²) >= 11 is 1.41. The Morgan fingerprint density at radius 1 is 1.31 bits per heavy atom. The zero-order valence-electron chi connectivity index (χ0n) is 8.45. The van der Waals surface area contributed by atoms with Gasteiger partial charge in [0, 0.05) is 24.4 Å². The maximum absolute atomic E-state index is 11.5. The Morgan fingerprint density at radius 3 is 2.88 bits per heavy atom. The molecule has 2 aliphatic heterocycles. The molecule has 6 nitrogen and oxygen atoms in total. The zero-order chi connectivity index (χ0) is 11.1. The fraction of sp³-hybridized carbons (Fsp3) is 0.444. The van der Waals surface area contributed by atoms with Crippen LogP contribution in [0.5, 0.6) is 0 Å². The number of hydrogen-bond acceptors (Lipinski definition) is 5. The lowest BCUT2D eigenvalue weighted by molar-refractivity contribution is -0.115. The number of hydrogen-bond donors (Lipinski definition) is 2. The topological polar surface area (TPSA) is 74.3 Å². The third-order valence-electron chi connectivity index (χ3n) is 2.63. The molecule has 2 N–H and O–H groups in total. The van der Waals surface area contributed by atoms with Gasteiger partial charge in [-0.05, 0) is 0 Å². The van der Waals surface area contributed by atoms with Crippen LogP contribution in [0.2, 0.25) is 0 Å². The molecule has 1 fully saturated rings. The summed E-state index contributed by atoms with van der Waals surface area (Å²) in [6.07, 6.45) is 0.857. The molecule has 1 aromatic rings. The van der Waals surface area contributed by atoms with Crippen LogP contribution in [0.25, 0.3) is 0 Å². The smallest absolute Gasteiger partial charge is 0.328 e. The minimum Gasteiger partial charge on any atom is -0.328 e. The average Bonchev–Trinajstić information content (AvgIpc) is 2.82. The van der Waals surface area contributed by atoms with Crippen LogP contribution in [0, 0.1) is 0 Å². The van der Waals surface area contributed by atoms with Crippen molar-refractivity contribution < 1.29 is 9.59 Å². The van der Waals surface area contributed by atoms with E-state index in [2.05, 4.69) is 15.6 Å². The summed E-state index contributed by atoms with van der Waals surface area (Å²) in [7, 11) is 0. The van der Waals surface area contributed by atoms with Gasteiger partial charge in [0.15, 0.2) is 0 Å². The van der Waals surface area contributed by atoms with Crippen LogP contribution in [0.4, 0.5) is 9.93 Å². The predicted octanol–water partition coefficient (Wildman–Crippen LogP) is -0.155. The van der Waals surface area contributed by atoms with Crippen molar-refractivity contribution in [3.8, 4) is 0 Å². The standard InChI is InChI=1S/C9H10N4O2S/c14-7-4-11-8(15)13(7)9-12-5-1-2-10-3-6(5)16-9/h10H,1-4H2,(H,11,15). The molecular formula is C9H10N4O2S. The minimum absolute atomic E-state index is 0.0708. The van der Waals surface area contributed by atoms with Gasteiger partial charge < -0.3 is 10.6 Å². The van der Waals surface area contributed by atoms with Gasteiger partial charge in [0.2, 0.25) is 5.13 Å². The number of urea groups is 1. The molecule has 0 radical (unpaired) electrons. The molecule has 0 unspecified atom stereocenters. The molecule has 16 heavy (non-hydrogen) atoms. The number of anilines is 1. The monoisotopic (exact) mass is 238 g/mol. The van der Waals surface area contributed by atoms with Gasteiger partial charge in [0.1, 0.15) is 0 Å². The number of carbonyl (C=O) groups is 2. The predicted molar refractivity (Wildman–Crippen MR) is 58.4 cm³/mol. The second-order valence-corrected chi connectivity index (χ2v) is 4.74. The molecule has 0 bridgehead atoms. The fourth-order valence-corrected chi connectivity index (χ4v) is 2.92. The highest BCUT2D eigenvalue weighted by Gasteiger charge is 2.33. The average molecular weight is 238 g/mol. The second kappa shape index (κ2) is 3.53. The summed E-state index contributed by atoms with van der Waals surface area (Å²) in [5.41, 5.74) is 1.01. The molecule has 0 spiro atoms. The van der Waals surface area contributed by atoms with E-state index in [1.54, 1.807) is 0 Å². The molecule has 0 saturated carbocycles. The van der Waals surface area contributed by atoms with Crippen molar-refractivity contribution in [3.05, 3.63) is 10.6 Å². The van der Waals surface area contributed by atoms with Crippen LogP contribution in [0.15, 0.2) is 0 Å². The number of amides is 3. The normalized spacial score (nSPS) is 19.9. The van der Waals surface area contributed by atoms with E-state index in [0.29, 0.717) is 5.13 Å². The maximum Gasteiger partial charge on any atom is 0.331 e. The highest BCUT2D eigenvalue weighted by molar-refractivity contribution is 7.16. The van der Waals surface area contributed by atoms with Gasteiger partial charge in [-0.25, -0.2) is 14.7 Å². The van der Waals surface area contributed by atoms with Gasteiger partial charge in [-0.2, -0.15) is 0 Å². The number of thiazole rings is 1. The Labute approximate surface area is 95.7 Å². The van der Waals surface area contributed by atoms with Crippen molar-refractivity contribution >= 4 is 28.4 Å². The first-order valence-corrected chi connectivity index (χ1v) is 5.87. The number of nitrogens with zero attached hydrogens (tertiary/aromatic N) is 2. The van der Waals surface area contributed by atoms with Gasteiger partial charge in [-0.3, -0.25) is 4.79 Å². The van der Waals surface area contributed by atoms with Crippen LogP contribution in [0.3, 0.4) is 0 Å². The lowest BCUT2D eigenvalue weighted by Gasteiger charge is -2.09. The van der Waals surface area contributed by atoms with E-state index in [9.17, 15) is 9.59 Å². The third kappa shape index (κ3) is 1.40. The summed E-state index contributed by atoms with van der Waals surface area (Å²) in [6.45, 7) is 1.74. The van der Waals surface area contributed by atoms with Crippen molar-refractivity contribution in [3.63, 3.8) is 0 Å². The van der Waals surface area contributed by atoms with E-state index >= 15 is 0 Å². The SMILES string of the molecule is O=C1CNC(=O)N1c1nc2c(s1)CNCC2. The Hall–Kier alpha value is -1.47. The van der Waals surface area contributed by atoms with Crippen molar-refractivity contribution in [2.24, 2.45) is 0 Å². The first kappa shape index (κ1) is 9.73. The van der Waals surface area contributed by atoms with Gasteiger partial charge in [-0.15, -0.1) is 0 Å². The Kier molecular flexibility index (Phi) is 2.15. The Bertz CT molecular complexity index is 431. The Balaban J connectivity index is 1.97. The lowest BCUT2D eigenvalue weighted by Crippen LogP contribution is -2.30. The van der Waals surface area contributed by atoms with Crippen molar-refractivity contribution in [1.82, 2.24) is 15.6 Å². The Morgan fingerprint density at radius 2 is 2.19 bits per heavy atom. The summed E-state index contributed by atoms with van der Waals surface area (Å²) in [4.78, 5) is 29.5. The van der Waals surface area contributed by atoms with Crippen LogP contribution >= 0.6 is 11.3 Å². The van der Waals surface area contributed by atoms with Gasteiger partial charge in [-0.1, -0.05) is 11.3 Å². The minimum atomic E-state index is -0.371. The number of rotatable bonds is 1. The summed E-state index contributed by atoms with van der Waals surface area (Å²) < 4.78 is 0. The van der Waals surface area contributed by atoms with E-state index in [0.717, 1.165) is 35.0 Å². The van der Waals surface area contributed by atoms with Crippen LogP contribution in [-0.4, -0.2) is 30.0 Å². The molecule has 3 heterocycles. The van der Waals surface area contributed by atoms with Gasteiger partial charge in [0.25, 0.3) is 5.91 Å². The quantitative estimate of drug-likeness (QED) is 0.667. The zero-order valence-corrected chi connectivity index (χ0v) is 9.26. The lowest BCUT2D eigenvalue weighted by atomic mass is 10.2. The van der Waals surface area contributed by atoms with E-state index in [-0.39, 0.29) is 18.5 Å². The molecule has 3 rings (SSSR count). The summed E-state index contributed by atoms with van der Waals surface area (Å²) in [6, 6.07) is -0.371. The second-order valence-electron chi connectivity index (χ2n) is 3.68. The number of nitrogens with one attached hydrogen (secondary N) is 2. The number of fused-ring (bicyclic) bond motifs is 1. The molecule has 0 atom stereocenters. The summed E-state index contributed by atoms with van der Waals surface area (Å²) in [5, 5.41) is 6.21. The molecule has 0 aromatic carbocycles. The highest BCUT2D eigenvalue weighted by Crippen LogP contribution is 2.29. The van der Waals surface area contributed by atoms with E-state index in [1.165, 1.54) is 11.3 Å². The highest BCUT2D eigenvalue weighted by atomic mass is 32.1. The van der Waals surface area contributed by atoms with E-state index in [1.807, 2.05) is 0 Å². The van der Waals surface area contributed by atoms with Crippen molar-refractivity contribution in [2.45, 2.75) is 13.0 Å². The summed E-state index contributed by atoms with van der Waals surface area (Å²) in [5.74, 6) is -0.232. The van der Waals surface area contributed by atoms with Crippen LogP contribution < -0.4 is 15.5 Å². The number of aromatic nitrogens is 1. The molecule has 1 saturated heterocycles. The number of carbonyl (C=O) groups excluding carboxylic acids is 2. The van der Waals surface area contributed by atoms with Crippen molar-refractivity contribution in [1.29, 1.82) is 0 Å². The van der Waals surface area contributed by atoms with E-state index < -0.39 is 0 Å². The molecule has 1 aromatic heterocycles. The molecular weight excluding hydrogens is 228 g/mol. The molecule has 3 amide bonds. The molecule has 84 valence electrons. The van der Waals surface area contributed by atoms with Crippen LogP contribution in [0.1, 0.15) is 10.6 Å². The first-order valence-electron chi connectivity index (χ1n) is 5.06. The molecule has 2 aliphatic rings. The third-order valence-corrected chi connectivity index (χ3v) is 3.71. The molecule has 7 heteroatoms. The van der Waals surface area contributed by atoms with Gasteiger partial charge >= 0.3 is 6.03 Å². The first-order chi connectivity index (χ1) is 7.75. The largest absolute Gasteiger partial charge is 0.331 e. The van der Waals surface area contributed by atoms with Crippen LogP contribution in [-0.2, 0) is 17.8 Å². The van der Waals surface area contributed by atoms with Crippen molar-refractivity contribution in [2.75, 3.05) is 18.0 Å². The van der Waals surface area contributed by atoms with Gasteiger partial charge in [0.05, 0.1) is 12.2 Å². The molecule has 0 aliphatic carbocycles. The maximum atomic E-state index is 11.5. The number of imide groups is 1.